The second-order valence-electron chi connectivity index (χ2n) is 8.62. The van der Waals surface area contributed by atoms with E-state index in [9.17, 15) is 8.42 Å². The molecule has 0 bridgehead atoms. The topological polar surface area (TPSA) is 79.0 Å². The fraction of sp³-hybridized carbons (Fsp3) is 0.429. The number of rotatable bonds is 5. The van der Waals surface area contributed by atoms with E-state index >= 15 is 0 Å². The Morgan fingerprint density at radius 2 is 1.86 bits per heavy atom. The van der Waals surface area contributed by atoms with E-state index in [2.05, 4.69) is 26.9 Å². The first-order valence-electron chi connectivity index (χ1n) is 9.85. The van der Waals surface area contributed by atoms with Gasteiger partial charge in [0.05, 0.1) is 16.0 Å². The standard InChI is InChI=1S/C21H23ClN4O2S/c1-26(20-18-6-7-23-19(18)24-13-25-20)16-10-21(11-16)8-14(9-21)12-29(27,28)17-4-2-15(22)3-5-17/h2-7,13-14,16H,8-12H2,1H3,(H,23,24,25). The molecule has 6 nitrogen and oxygen atoms in total. The highest BCUT2D eigenvalue weighted by Crippen LogP contribution is 2.60. The molecule has 1 aromatic carbocycles. The number of halogens is 1. The smallest absolute Gasteiger partial charge is 0.178 e. The molecular formula is C21H23ClN4O2S. The Morgan fingerprint density at radius 1 is 1.14 bits per heavy atom. The van der Waals surface area contributed by atoms with Crippen LogP contribution in [0.15, 0.2) is 47.8 Å². The minimum Gasteiger partial charge on any atom is -0.356 e. The molecule has 2 saturated carbocycles. The van der Waals surface area contributed by atoms with Gasteiger partial charge in [0.15, 0.2) is 9.84 Å². The van der Waals surface area contributed by atoms with E-state index in [-0.39, 0.29) is 11.7 Å². The summed E-state index contributed by atoms with van der Waals surface area (Å²) in [4.78, 5) is 14.5. The number of hydrogen-bond donors (Lipinski definition) is 1. The van der Waals surface area contributed by atoms with Crippen molar-refractivity contribution in [2.24, 2.45) is 11.3 Å². The van der Waals surface area contributed by atoms with Gasteiger partial charge in [-0.15, -0.1) is 0 Å². The normalized spacial score (nSPS) is 26.3. The third kappa shape index (κ3) is 3.30. The predicted molar refractivity (Wildman–Crippen MR) is 114 cm³/mol. The van der Waals surface area contributed by atoms with Gasteiger partial charge in [0, 0.05) is 24.3 Å². The molecule has 0 atom stereocenters. The van der Waals surface area contributed by atoms with Crippen LogP contribution < -0.4 is 4.90 Å². The van der Waals surface area contributed by atoms with Crippen molar-refractivity contribution in [1.82, 2.24) is 15.0 Å². The highest BCUT2D eigenvalue weighted by atomic mass is 35.5. The maximum absolute atomic E-state index is 12.7. The summed E-state index contributed by atoms with van der Waals surface area (Å²) in [5.74, 6) is 1.43. The number of nitrogens with zero attached hydrogens (tertiary/aromatic N) is 3. The van der Waals surface area contributed by atoms with Crippen LogP contribution >= 0.6 is 11.6 Å². The summed E-state index contributed by atoms with van der Waals surface area (Å²) >= 11 is 5.87. The highest BCUT2D eigenvalue weighted by molar-refractivity contribution is 7.91. The summed E-state index contributed by atoms with van der Waals surface area (Å²) in [6.07, 6.45) is 7.66. The van der Waals surface area contributed by atoms with Gasteiger partial charge >= 0.3 is 0 Å². The average Bonchev–Trinajstić information content (AvgIpc) is 3.11. The van der Waals surface area contributed by atoms with Gasteiger partial charge in [-0.3, -0.25) is 0 Å². The van der Waals surface area contributed by atoms with Crippen molar-refractivity contribution < 1.29 is 8.42 Å². The Morgan fingerprint density at radius 3 is 2.59 bits per heavy atom. The monoisotopic (exact) mass is 430 g/mol. The third-order valence-corrected chi connectivity index (χ3v) is 8.78. The van der Waals surface area contributed by atoms with Crippen molar-refractivity contribution in [3.8, 4) is 0 Å². The van der Waals surface area contributed by atoms with Crippen molar-refractivity contribution in [3.63, 3.8) is 0 Å². The number of aromatic amines is 1. The number of aromatic nitrogens is 3. The maximum Gasteiger partial charge on any atom is 0.178 e. The Bertz CT molecular complexity index is 1140. The Balaban J connectivity index is 1.19. The van der Waals surface area contributed by atoms with E-state index in [0.717, 1.165) is 42.5 Å². The molecule has 29 heavy (non-hydrogen) atoms. The zero-order valence-corrected chi connectivity index (χ0v) is 17.7. The summed E-state index contributed by atoms with van der Waals surface area (Å²) in [6, 6.07) is 8.93. The Hall–Kier alpha value is -2.12. The molecule has 2 aliphatic carbocycles. The van der Waals surface area contributed by atoms with Gasteiger partial charge in [-0.2, -0.15) is 0 Å². The van der Waals surface area contributed by atoms with Gasteiger partial charge < -0.3 is 9.88 Å². The lowest BCUT2D eigenvalue weighted by molar-refractivity contribution is -0.0313. The molecule has 0 aliphatic heterocycles. The summed E-state index contributed by atoms with van der Waals surface area (Å²) < 4.78 is 25.3. The fourth-order valence-corrected chi connectivity index (χ4v) is 6.92. The molecule has 0 unspecified atom stereocenters. The fourth-order valence-electron chi connectivity index (χ4n) is 5.19. The number of H-pyrrole nitrogens is 1. The maximum atomic E-state index is 12.7. The quantitative estimate of drug-likeness (QED) is 0.659. The van der Waals surface area contributed by atoms with Gasteiger partial charge in [-0.25, -0.2) is 18.4 Å². The summed E-state index contributed by atoms with van der Waals surface area (Å²) in [6.45, 7) is 0. The molecule has 152 valence electrons. The summed E-state index contributed by atoms with van der Waals surface area (Å²) in [5, 5.41) is 1.59. The van der Waals surface area contributed by atoms with E-state index < -0.39 is 9.84 Å². The van der Waals surface area contributed by atoms with Crippen LogP contribution in [0, 0.1) is 11.3 Å². The number of fused-ring (bicyclic) bond motifs is 1. The van der Waals surface area contributed by atoms with E-state index in [4.69, 9.17) is 11.6 Å². The van der Waals surface area contributed by atoms with Crippen LogP contribution in [0.1, 0.15) is 25.7 Å². The van der Waals surface area contributed by atoms with Crippen LogP contribution in [0.2, 0.25) is 5.02 Å². The second kappa shape index (κ2) is 6.71. The van der Waals surface area contributed by atoms with Crippen molar-refractivity contribution in [3.05, 3.63) is 47.9 Å². The van der Waals surface area contributed by atoms with Gasteiger partial charge in [0.2, 0.25) is 0 Å². The zero-order valence-electron chi connectivity index (χ0n) is 16.2. The van der Waals surface area contributed by atoms with Crippen molar-refractivity contribution in [1.29, 1.82) is 0 Å². The minimum atomic E-state index is -3.25. The summed E-state index contributed by atoms with van der Waals surface area (Å²) in [7, 11) is -1.16. The van der Waals surface area contributed by atoms with Crippen molar-refractivity contribution in [2.75, 3.05) is 17.7 Å². The first kappa shape index (κ1) is 18.9. The SMILES string of the molecule is CN(c1ncnc2[nH]ccc12)C1CC2(CC(CS(=O)(=O)c3ccc(Cl)cc3)C2)C1. The Kier molecular flexibility index (Phi) is 4.37. The molecule has 5 rings (SSSR count). The Labute approximate surface area is 175 Å². The van der Waals surface area contributed by atoms with Gasteiger partial charge in [0.1, 0.15) is 17.8 Å². The van der Waals surface area contributed by atoms with E-state index in [0.29, 0.717) is 21.4 Å². The molecule has 3 aromatic rings. The molecule has 1 N–H and O–H groups in total. The minimum absolute atomic E-state index is 0.229. The molecule has 1 spiro atoms. The number of hydrogen-bond acceptors (Lipinski definition) is 5. The van der Waals surface area contributed by atoms with Crippen LogP contribution in [-0.4, -0.2) is 42.2 Å². The molecule has 2 fully saturated rings. The number of anilines is 1. The lowest BCUT2D eigenvalue weighted by atomic mass is 9.50. The van der Waals surface area contributed by atoms with E-state index in [1.807, 2.05) is 12.3 Å². The summed E-state index contributed by atoms with van der Waals surface area (Å²) in [5.41, 5.74) is 1.16. The van der Waals surface area contributed by atoms with Crippen LogP contribution in [0.3, 0.4) is 0 Å². The van der Waals surface area contributed by atoms with Crippen LogP contribution in [-0.2, 0) is 9.84 Å². The van der Waals surface area contributed by atoms with Gasteiger partial charge in [0.25, 0.3) is 0 Å². The molecule has 0 saturated heterocycles. The van der Waals surface area contributed by atoms with Gasteiger partial charge in [-0.05, 0) is 67.3 Å². The number of benzene rings is 1. The molecule has 2 aromatic heterocycles. The molecule has 8 heteroatoms. The third-order valence-electron chi connectivity index (χ3n) is 6.62. The van der Waals surface area contributed by atoms with Crippen molar-refractivity contribution in [2.45, 2.75) is 36.6 Å². The molecule has 2 aliphatic rings. The predicted octanol–water partition coefficient (Wildman–Crippen LogP) is 4.08. The zero-order chi connectivity index (χ0) is 20.2. The molecular weight excluding hydrogens is 408 g/mol. The first-order valence-corrected chi connectivity index (χ1v) is 11.9. The van der Waals surface area contributed by atoms with E-state index in [1.165, 1.54) is 0 Å². The van der Waals surface area contributed by atoms with Crippen LogP contribution in [0.5, 0.6) is 0 Å². The average molecular weight is 431 g/mol. The second-order valence-corrected chi connectivity index (χ2v) is 11.1. The molecule has 2 heterocycles. The van der Waals surface area contributed by atoms with Crippen molar-refractivity contribution >= 4 is 38.3 Å². The first-order chi connectivity index (χ1) is 13.9. The molecule has 0 radical (unpaired) electrons. The van der Waals surface area contributed by atoms with Gasteiger partial charge in [-0.1, -0.05) is 11.6 Å². The largest absolute Gasteiger partial charge is 0.356 e. The number of nitrogens with one attached hydrogen (secondary N) is 1. The van der Waals surface area contributed by atoms with Crippen LogP contribution in [0.25, 0.3) is 11.0 Å². The van der Waals surface area contributed by atoms with E-state index in [1.54, 1.807) is 30.6 Å². The number of sulfone groups is 1. The lowest BCUT2D eigenvalue weighted by Crippen LogP contribution is -2.56. The highest BCUT2D eigenvalue weighted by Gasteiger charge is 2.54. The van der Waals surface area contributed by atoms with Crippen LogP contribution in [0.4, 0.5) is 5.82 Å². The molecule has 0 amide bonds. The lowest BCUT2D eigenvalue weighted by Gasteiger charge is -2.59.